The molecule has 2 aromatic carbocycles. The number of phenolic OH excluding ortho intramolecular Hbond substituents is 1. The highest BCUT2D eigenvalue weighted by molar-refractivity contribution is 8.15. The fourth-order valence-corrected chi connectivity index (χ4v) is 3.29. The quantitative estimate of drug-likeness (QED) is 0.578. The van der Waals surface area contributed by atoms with Crippen molar-refractivity contribution in [3.63, 3.8) is 0 Å². The summed E-state index contributed by atoms with van der Waals surface area (Å²) in [7, 11) is 0. The average molecular weight is 400 g/mol. The summed E-state index contributed by atoms with van der Waals surface area (Å²) in [6.45, 7) is 3.84. The Labute approximate surface area is 164 Å². The fraction of sp³-hybridized carbons (Fsp3) is 0.105. The van der Waals surface area contributed by atoms with E-state index in [1.165, 1.54) is 36.4 Å². The zero-order valence-corrected chi connectivity index (χ0v) is 15.4. The van der Waals surface area contributed by atoms with Gasteiger partial charge in [-0.25, -0.2) is 4.39 Å². The number of phenols is 1. The van der Waals surface area contributed by atoms with Gasteiger partial charge in [-0.15, -0.1) is 5.10 Å². The van der Waals surface area contributed by atoms with Crippen LogP contribution in [-0.4, -0.2) is 27.3 Å². The number of benzene rings is 2. The van der Waals surface area contributed by atoms with Gasteiger partial charge in [-0.2, -0.15) is 0 Å². The van der Waals surface area contributed by atoms with E-state index in [1.54, 1.807) is 12.1 Å². The zero-order valence-electron chi connectivity index (χ0n) is 14.6. The van der Waals surface area contributed by atoms with E-state index in [4.69, 9.17) is 0 Å². The molecule has 144 valence electrons. The summed E-state index contributed by atoms with van der Waals surface area (Å²) in [5, 5.41) is 18.2. The summed E-state index contributed by atoms with van der Waals surface area (Å²) >= 11 is 1.09. The highest BCUT2D eigenvalue weighted by atomic mass is 32.2. The van der Waals surface area contributed by atoms with Gasteiger partial charge in [-0.1, -0.05) is 18.3 Å². The molecule has 1 aliphatic rings. The van der Waals surface area contributed by atoms with Crippen molar-refractivity contribution >= 4 is 40.1 Å². The third-order valence-corrected chi connectivity index (χ3v) is 4.87. The summed E-state index contributed by atoms with van der Waals surface area (Å²) in [5.41, 5.74) is 4.33. The van der Waals surface area contributed by atoms with Gasteiger partial charge in [0.1, 0.15) is 16.8 Å². The number of carbonyl (C=O) groups excluding carboxylic acids is 2. The third-order valence-electron chi connectivity index (χ3n) is 3.78. The van der Waals surface area contributed by atoms with Crippen LogP contribution in [-0.2, 0) is 9.59 Å². The molecule has 0 spiro atoms. The first-order valence-corrected chi connectivity index (χ1v) is 9.13. The van der Waals surface area contributed by atoms with Crippen molar-refractivity contribution in [2.75, 3.05) is 5.32 Å². The molecule has 1 saturated heterocycles. The molecule has 0 radical (unpaired) electrons. The maximum Gasteiger partial charge on any atom is 0.238 e. The SMILES string of the molecule is C=C(N/N=C1\NC(=O)C[C@@H](C(=O)Nc2ccc(F)cc2)S1)c1ccc(O)cc1. The Kier molecular flexibility index (Phi) is 5.95. The van der Waals surface area contributed by atoms with Gasteiger partial charge in [0.2, 0.25) is 11.8 Å². The highest BCUT2D eigenvalue weighted by Crippen LogP contribution is 2.23. The van der Waals surface area contributed by atoms with Gasteiger partial charge >= 0.3 is 0 Å². The first-order chi connectivity index (χ1) is 13.4. The third kappa shape index (κ3) is 5.10. The predicted molar refractivity (Wildman–Crippen MR) is 107 cm³/mol. The number of carbonyl (C=O) groups is 2. The Hall–Kier alpha value is -3.33. The van der Waals surface area contributed by atoms with Crippen LogP contribution in [0.3, 0.4) is 0 Å². The number of nitrogens with one attached hydrogen (secondary N) is 3. The number of thioether (sulfide) groups is 1. The van der Waals surface area contributed by atoms with Crippen molar-refractivity contribution in [3.8, 4) is 5.75 Å². The minimum Gasteiger partial charge on any atom is -0.508 e. The van der Waals surface area contributed by atoms with E-state index in [2.05, 4.69) is 27.7 Å². The number of hydrogen-bond donors (Lipinski definition) is 4. The van der Waals surface area contributed by atoms with Gasteiger partial charge in [0, 0.05) is 12.1 Å². The van der Waals surface area contributed by atoms with E-state index in [1.807, 2.05) is 0 Å². The second kappa shape index (κ2) is 8.57. The summed E-state index contributed by atoms with van der Waals surface area (Å²) in [4.78, 5) is 24.3. The van der Waals surface area contributed by atoms with Crippen molar-refractivity contribution in [1.82, 2.24) is 10.7 Å². The molecule has 2 aromatic rings. The Bertz CT molecular complexity index is 929. The van der Waals surface area contributed by atoms with Crippen molar-refractivity contribution in [2.24, 2.45) is 5.10 Å². The number of amidine groups is 1. The molecular weight excluding hydrogens is 383 g/mol. The lowest BCUT2D eigenvalue weighted by Gasteiger charge is -2.22. The Morgan fingerprint density at radius 3 is 2.57 bits per heavy atom. The van der Waals surface area contributed by atoms with E-state index < -0.39 is 11.1 Å². The van der Waals surface area contributed by atoms with Crippen LogP contribution in [0, 0.1) is 5.82 Å². The van der Waals surface area contributed by atoms with Crippen LogP contribution in [0.2, 0.25) is 0 Å². The monoisotopic (exact) mass is 400 g/mol. The Morgan fingerprint density at radius 1 is 1.21 bits per heavy atom. The molecule has 1 aliphatic heterocycles. The lowest BCUT2D eigenvalue weighted by atomic mass is 10.2. The van der Waals surface area contributed by atoms with Crippen molar-refractivity contribution < 1.29 is 19.1 Å². The Morgan fingerprint density at radius 2 is 1.89 bits per heavy atom. The molecule has 4 N–H and O–H groups in total. The molecule has 1 fully saturated rings. The highest BCUT2D eigenvalue weighted by Gasteiger charge is 2.30. The lowest BCUT2D eigenvalue weighted by molar-refractivity contribution is -0.123. The van der Waals surface area contributed by atoms with Crippen LogP contribution in [0.1, 0.15) is 12.0 Å². The van der Waals surface area contributed by atoms with Gasteiger partial charge in [-0.05, 0) is 54.1 Å². The van der Waals surface area contributed by atoms with Crippen molar-refractivity contribution in [1.29, 1.82) is 0 Å². The molecule has 28 heavy (non-hydrogen) atoms. The first-order valence-electron chi connectivity index (χ1n) is 8.25. The zero-order chi connectivity index (χ0) is 20.1. The maximum atomic E-state index is 13.0. The van der Waals surface area contributed by atoms with Gasteiger partial charge in [-0.3, -0.25) is 15.0 Å². The van der Waals surface area contributed by atoms with Crippen molar-refractivity contribution in [2.45, 2.75) is 11.7 Å². The molecule has 0 aromatic heterocycles. The number of rotatable bonds is 5. The van der Waals surface area contributed by atoms with E-state index >= 15 is 0 Å². The predicted octanol–water partition coefficient (Wildman–Crippen LogP) is 2.62. The second-order valence-electron chi connectivity index (χ2n) is 5.91. The number of hydrogen-bond acceptors (Lipinski definition) is 6. The van der Waals surface area contributed by atoms with Crippen LogP contribution >= 0.6 is 11.8 Å². The fourth-order valence-electron chi connectivity index (χ4n) is 2.35. The lowest BCUT2D eigenvalue weighted by Crippen LogP contribution is -2.42. The minimum absolute atomic E-state index is 0.00434. The van der Waals surface area contributed by atoms with E-state index in [0.29, 0.717) is 16.9 Å². The second-order valence-corrected chi connectivity index (χ2v) is 7.10. The molecule has 0 saturated carbocycles. The normalized spacial score (nSPS) is 17.7. The molecule has 1 atom stereocenters. The van der Waals surface area contributed by atoms with Crippen LogP contribution in [0.15, 0.2) is 60.2 Å². The largest absolute Gasteiger partial charge is 0.508 e. The maximum absolute atomic E-state index is 13.0. The number of hydrazone groups is 1. The molecular formula is C19H17FN4O3S. The van der Waals surface area contributed by atoms with Gasteiger partial charge < -0.3 is 15.7 Å². The van der Waals surface area contributed by atoms with E-state index in [0.717, 1.165) is 11.8 Å². The van der Waals surface area contributed by atoms with Crippen LogP contribution < -0.4 is 16.1 Å². The molecule has 3 rings (SSSR count). The van der Waals surface area contributed by atoms with Crippen molar-refractivity contribution in [3.05, 3.63) is 66.5 Å². The number of anilines is 1. The van der Waals surface area contributed by atoms with Gasteiger partial charge in [0.05, 0.1) is 5.70 Å². The van der Waals surface area contributed by atoms with Crippen LogP contribution in [0.5, 0.6) is 5.75 Å². The number of nitrogens with zero attached hydrogens (tertiary/aromatic N) is 1. The van der Waals surface area contributed by atoms with Crippen LogP contribution in [0.25, 0.3) is 5.70 Å². The number of amides is 2. The molecule has 0 bridgehead atoms. The Balaban J connectivity index is 1.62. The summed E-state index contributed by atoms with van der Waals surface area (Å²) in [6, 6.07) is 11.7. The molecule has 2 amide bonds. The van der Waals surface area contributed by atoms with Gasteiger partial charge in [0.25, 0.3) is 0 Å². The summed E-state index contributed by atoms with van der Waals surface area (Å²) in [6.07, 6.45) is -0.00434. The van der Waals surface area contributed by atoms with Gasteiger partial charge in [0.15, 0.2) is 5.17 Å². The first kappa shape index (κ1) is 19.4. The molecule has 1 heterocycles. The average Bonchev–Trinajstić information content (AvgIpc) is 2.68. The molecule has 9 heteroatoms. The molecule has 0 unspecified atom stereocenters. The van der Waals surface area contributed by atoms with E-state index in [-0.39, 0.29) is 29.2 Å². The minimum atomic E-state index is -0.679. The summed E-state index contributed by atoms with van der Waals surface area (Å²) < 4.78 is 13.0. The number of halogens is 1. The molecule has 0 aliphatic carbocycles. The van der Waals surface area contributed by atoms with Crippen LogP contribution in [0.4, 0.5) is 10.1 Å². The standard InChI is InChI=1S/C19H17FN4O3S/c1-11(12-2-8-15(25)9-3-12)23-24-19-22-17(26)10-16(28-19)18(27)21-14-6-4-13(20)5-7-14/h2-9,16,23,25H,1,10H2,(H,21,27)(H,22,24,26)/t16-/m0/s1. The topological polar surface area (TPSA) is 103 Å². The molecule has 7 nitrogen and oxygen atoms in total. The smallest absolute Gasteiger partial charge is 0.238 e. The van der Waals surface area contributed by atoms with E-state index in [9.17, 15) is 19.1 Å². The summed E-state index contributed by atoms with van der Waals surface area (Å²) in [5.74, 6) is -0.989. The number of aromatic hydroxyl groups is 1.